The first-order chi connectivity index (χ1) is 13.8. The minimum absolute atomic E-state index is 0.0102. The van der Waals surface area contributed by atoms with Crippen LogP contribution in [0.3, 0.4) is 0 Å². The molecule has 2 aromatic rings. The quantitative estimate of drug-likeness (QED) is 0.832. The largest absolute Gasteiger partial charge is 0.417 e. The van der Waals surface area contributed by atoms with Crippen LogP contribution >= 0.6 is 0 Å². The Kier molecular flexibility index (Phi) is 4.69. The van der Waals surface area contributed by atoms with E-state index >= 15 is 0 Å². The van der Waals surface area contributed by atoms with E-state index in [1.54, 1.807) is 11.8 Å². The molecule has 0 bridgehead atoms. The Balaban J connectivity index is 1.50. The predicted octanol–water partition coefficient (Wildman–Crippen LogP) is 1.25. The van der Waals surface area contributed by atoms with Crippen molar-refractivity contribution < 1.29 is 19.1 Å². The summed E-state index contributed by atoms with van der Waals surface area (Å²) in [6, 6.07) is 9.72. The van der Waals surface area contributed by atoms with Crippen molar-refractivity contribution in [3.8, 4) is 0 Å². The lowest BCUT2D eigenvalue weighted by Gasteiger charge is -2.32. The Morgan fingerprint density at radius 1 is 1.17 bits per heavy atom. The van der Waals surface area contributed by atoms with Crippen LogP contribution in [0.4, 0.5) is 0 Å². The Morgan fingerprint density at radius 2 is 1.83 bits per heavy atom. The van der Waals surface area contributed by atoms with E-state index in [0.717, 1.165) is 5.56 Å². The maximum atomic E-state index is 13.3. The molecule has 0 aliphatic carbocycles. The van der Waals surface area contributed by atoms with Crippen LogP contribution in [0, 0.1) is 18.3 Å². The van der Waals surface area contributed by atoms with Crippen LogP contribution in [0.25, 0.3) is 0 Å². The van der Waals surface area contributed by atoms with Crippen molar-refractivity contribution in [2.75, 3.05) is 32.8 Å². The zero-order valence-electron chi connectivity index (χ0n) is 17.0. The first kappa shape index (κ1) is 19.6. The molecule has 2 aliphatic rings. The summed E-state index contributed by atoms with van der Waals surface area (Å²) in [5.74, 6) is 0.0286. The number of amides is 2. The first-order valence-corrected chi connectivity index (χ1v) is 9.82. The minimum Gasteiger partial charge on any atom is -0.417 e. The lowest BCUT2D eigenvalue weighted by molar-refractivity contribution is -0.135. The Morgan fingerprint density at radius 3 is 2.41 bits per heavy atom. The number of aliphatic hydroxyl groups is 1. The summed E-state index contributed by atoms with van der Waals surface area (Å²) in [6.45, 7) is 7.17. The molecular formula is C21H26N4O4. The van der Waals surface area contributed by atoms with E-state index in [0.29, 0.717) is 32.1 Å². The van der Waals surface area contributed by atoms with E-state index in [-0.39, 0.29) is 30.2 Å². The molecule has 1 aromatic heterocycles. The summed E-state index contributed by atoms with van der Waals surface area (Å²) in [5.41, 5.74) is -0.218. The second-order valence-corrected chi connectivity index (χ2v) is 8.71. The first-order valence-electron chi connectivity index (χ1n) is 9.82. The third kappa shape index (κ3) is 3.21. The van der Waals surface area contributed by atoms with Crippen LogP contribution in [0.15, 0.2) is 34.7 Å². The highest BCUT2D eigenvalue weighted by Crippen LogP contribution is 2.44. The molecular weight excluding hydrogens is 372 g/mol. The second kappa shape index (κ2) is 6.95. The minimum atomic E-state index is -0.659. The Labute approximate surface area is 169 Å². The lowest BCUT2D eigenvalue weighted by atomic mass is 9.82. The number of aromatic nitrogens is 2. The van der Waals surface area contributed by atoms with Crippen molar-refractivity contribution in [3.63, 3.8) is 0 Å². The van der Waals surface area contributed by atoms with Gasteiger partial charge in [0.1, 0.15) is 0 Å². The molecule has 0 spiro atoms. The molecule has 29 heavy (non-hydrogen) atoms. The predicted molar refractivity (Wildman–Crippen MR) is 104 cm³/mol. The number of hydrogen-bond acceptors (Lipinski definition) is 6. The number of likely N-dealkylation sites (tertiary alicyclic amines) is 2. The van der Waals surface area contributed by atoms with Crippen molar-refractivity contribution in [1.82, 2.24) is 20.0 Å². The van der Waals surface area contributed by atoms with Gasteiger partial charge in [-0.1, -0.05) is 30.3 Å². The monoisotopic (exact) mass is 398 g/mol. The number of nitrogens with zero attached hydrogens (tertiary/aromatic N) is 4. The van der Waals surface area contributed by atoms with E-state index in [9.17, 15) is 14.7 Å². The summed E-state index contributed by atoms with van der Waals surface area (Å²) in [4.78, 5) is 29.5. The lowest BCUT2D eigenvalue weighted by Crippen LogP contribution is -2.46. The SMILES string of the molecule is Cc1nnc(C(=O)N2C[C@H]3CN(C(=O)C(C)(C)c4ccccc4)C[C@@]3(CO)C2)o1. The average molecular weight is 398 g/mol. The molecule has 0 unspecified atom stereocenters. The van der Waals surface area contributed by atoms with E-state index in [1.807, 2.05) is 49.1 Å². The highest BCUT2D eigenvalue weighted by atomic mass is 16.4. The number of aryl methyl sites for hydroxylation is 1. The molecule has 4 rings (SSSR count). The van der Waals surface area contributed by atoms with E-state index in [2.05, 4.69) is 10.2 Å². The molecule has 2 aliphatic heterocycles. The van der Waals surface area contributed by atoms with Gasteiger partial charge in [-0.05, 0) is 19.4 Å². The van der Waals surface area contributed by atoms with Crippen molar-refractivity contribution in [2.45, 2.75) is 26.2 Å². The van der Waals surface area contributed by atoms with Gasteiger partial charge in [-0.2, -0.15) is 0 Å². The van der Waals surface area contributed by atoms with Gasteiger partial charge in [-0.3, -0.25) is 9.59 Å². The number of benzene rings is 1. The Bertz CT molecular complexity index is 926. The maximum absolute atomic E-state index is 13.3. The molecule has 8 nitrogen and oxygen atoms in total. The highest BCUT2D eigenvalue weighted by molar-refractivity contribution is 5.90. The smallest absolute Gasteiger partial charge is 0.311 e. The zero-order chi connectivity index (χ0) is 20.8. The summed E-state index contributed by atoms with van der Waals surface area (Å²) in [6.07, 6.45) is 0. The number of fused-ring (bicyclic) bond motifs is 1. The third-order valence-electron chi connectivity index (χ3n) is 6.39. The number of aliphatic hydroxyl groups excluding tert-OH is 1. The molecule has 3 heterocycles. The van der Waals surface area contributed by atoms with Crippen LogP contribution in [0.1, 0.15) is 36.0 Å². The van der Waals surface area contributed by atoms with Gasteiger partial charge in [-0.25, -0.2) is 0 Å². The Hall–Kier alpha value is -2.74. The van der Waals surface area contributed by atoms with E-state index in [1.165, 1.54) is 0 Å². The van der Waals surface area contributed by atoms with Crippen molar-refractivity contribution in [2.24, 2.45) is 11.3 Å². The topological polar surface area (TPSA) is 99.8 Å². The molecule has 2 saturated heterocycles. The van der Waals surface area contributed by atoms with E-state index in [4.69, 9.17) is 4.42 Å². The molecule has 8 heteroatoms. The van der Waals surface area contributed by atoms with Crippen molar-refractivity contribution in [1.29, 1.82) is 0 Å². The second-order valence-electron chi connectivity index (χ2n) is 8.71. The molecule has 2 atom stereocenters. The standard InChI is InChI=1S/C21H26N4O4/c1-14-22-23-17(29-14)18(27)24-9-16-10-25(12-21(16,11-24)13-26)19(28)20(2,3)15-7-5-4-6-8-15/h4-8,16,26H,9-13H2,1-3H3/t16-,21+/m0/s1. The van der Waals surface area contributed by atoms with Crippen LogP contribution in [-0.4, -0.2) is 69.7 Å². The molecule has 0 radical (unpaired) electrons. The highest BCUT2D eigenvalue weighted by Gasteiger charge is 2.55. The molecule has 2 amide bonds. The molecule has 154 valence electrons. The van der Waals surface area contributed by atoms with Gasteiger partial charge in [0.15, 0.2) is 0 Å². The van der Waals surface area contributed by atoms with E-state index < -0.39 is 10.8 Å². The van der Waals surface area contributed by atoms with Crippen LogP contribution in [0.2, 0.25) is 0 Å². The fourth-order valence-corrected chi connectivity index (χ4v) is 4.60. The zero-order valence-corrected chi connectivity index (χ0v) is 17.0. The van der Waals surface area contributed by atoms with Gasteiger partial charge < -0.3 is 19.3 Å². The van der Waals surface area contributed by atoms with Crippen LogP contribution < -0.4 is 0 Å². The molecule has 1 aromatic carbocycles. The van der Waals surface area contributed by atoms with Crippen LogP contribution in [0.5, 0.6) is 0 Å². The summed E-state index contributed by atoms with van der Waals surface area (Å²) in [5, 5.41) is 17.7. The third-order valence-corrected chi connectivity index (χ3v) is 6.39. The summed E-state index contributed by atoms with van der Waals surface area (Å²) in [7, 11) is 0. The van der Waals surface area contributed by atoms with Crippen LogP contribution in [-0.2, 0) is 10.2 Å². The number of hydrogen-bond donors (Lipinski definition) is 1. The fraction of sp³-hybridized carbons (Fsp3) is 0.524. The van der Waals surface area contributed by atoms with Gasteiger partial charge in [0.2, 0.25) is 11.8 Å². The van der Waals surface area contributed by atoms with Gasteiger partial charge in [0.25, 0.3) is 0 Å². The molecule has 0 saturated carbocycles. The maximum Gasteiger partial charge on any atom is 0.311 e. The normalized spacial score (nSPS) is 24.1. The summed E-state index contributed by atoms with van der Waals surface area (Å²) < 4.78 is 5.26. The summed E-state index contributed by atoms with van der Waals surface area (Å²) >= 11 is 0. The fourth-order valence-electron chi connectivity index (χ4n) is 4.60. The number of rotatable bonds is 4. The number of carbonyl (C=O) groups is 2. The molecule has 2 fully saturated rings. The van der Waals surface area contributed by atoms with Crippen molar-refractivity contribution >= 4 is 11.8 Å². The number of carbonyl (C=O) groups excluding carboxylic acids is 2. The van der Waals surface area contributed by atoms with Gasteiger partial charge >= 0.3 is 11.8 Å². The van der Waals surface area contributed by atoms with Crippen molar-refractivity contribution in [3.05, 3.63) is 47.7 Å². The average Bonchev–Trinajstić information content (AvgIpc) is 3.39. The van der Waals surface area contributed by atoms with Gasteiger partial charge in [-0.15, -0.1) is 10.2 Å². The molecule has 1 N–H and O–H groups in total. The van der Waals surface area contributed by atoms with Gasteiger partial charge in [0, 0.05) is 44.4 Å². The van der Waals surface area contributed by atoms with Gasteiger partial charge in [0.05, 0.1) is 12.0 Å².